The molecule has 0 spiro atoms. The minimum absolute atomic E-state index is 0.717. The maximum atomic E-state index is 9.90. The van der Waals surface area contributed by atoms with Crippen molar-refractivity contribution in [1.82, 2.24) is 0 Å². The molecule has 0 aliphatic heterocycles. The molecule has 0 saturated heterocycles. The molecule has 3 nitrogen and oxygen atoms in total. The highest BCUT2D eigenvalue weighted by molar-refractivity contribution is 7.67. The van der Waals surface area contributed by atoms with Crippen LogP contribution in [-0.4, -0.2) is 8.42 Å². The Balaban J connectivity index is 2.67. The van der Waals surface area contributed by atoms with Crippen LogP contribution < -0.4 is 0 Å². The van der Waals surface area contributed by atoms with Gasteiger partial charge in [0.25, 0.3) is 0 Å². The second-order valence-corrected chi connectivity index (χ2v) is 2.54. The van der Waals surface area contributed by atoms with E-state index in [4.69, 9.17) is 0 Å². The fourth-order valence-corrected chi connectivity index (χ4v) is 0.761. The maximum Gasteiger partial charge on any atom is 0.307 e. The van der Waals surface area contributed by atoms with Crippen molar-refractivity contribution in [3.8, 4) is 12.0 Å². The first-order valence-electron chi connectivity index (χ1n) is 3.16. The van der Waals surface area contributed by atoms with Crippen LogP contribution in [0.15, 0.2) is 30.3 Å². The second-order valence-electron chi connectivity index (χ2n) is 1.91. The second kappa shape index (κ2) is 4.42. The Labute approximate surface area is 72.1 Å². The van der Waals surface area contributed by atoms with Crippen LogP contribution in [0.3, 0.4) is 0 Å². The molecule has 0 radical (unpaired) electrons. The highest BCUT2D eigenvalue weighted by Gasteiger charge is 1.81. The average Bonchev–Trinajstić information content (AvgIpc) is 2.05. The van der Waals surface area contributed by atoms with Crippen molar-refractivity contribution in [2.75, 3.05) is 0 Å². The molecule has 0 atom stereocenters. The molecule has 0 heterocycles. The van der Waals surface area contributed by atoms with E-state index in [1.807, 2.05) is 6.07 Å². The summed E-state index contributed by atoms with van der Waals surface area (Å²) in [5.74, 6) is 2.52. The lowest BCUT2D eigenvalue weighted by Gasteiger charge is -1.84. The third kappa shape index (κ3) is 3.08. The van der Waals surface area contributed by atoms with Crippen molar-refractivity contribution < 1.29 is 12.6 Å². The minimum atomic E-state index is -2.87. The summed E-state index contributed by atoms with van der Waals surface area (Å²) in [5, 5.41) is 0. The third-order valence-electron chi connectivity index (χ3n) is 1.09. The minimum Gasteiger partial charge on any atom is -0.329 e. The summed E-state index contributed by atoms with van der Waals surface area (Å²) in [5.41, 5.74) is 0.717. The summed E-state index contributed by atoms with van der Waals surface area (Å²) in [6.07, 6.45) is 2.05. The number of rotatable bonds is 1. The fourth-order valence-electron chi connectivity index (χ4n) is 0.641. The van der Waals surface area contributed by atoms with Gasteiger partial charge in [0.2, 0.25) is 0 Å². The SMILES string of the molecule is O=[SH](=O)OC#Cc1ccccc1. The van der Waals surface area contributed by atoms with E-state index < -0.39 is 11.0 Å². The predicted octanol–water partition coefficient (Wildman–Crippen LogP) is 0.539. The van der Waals surface area contributed by atoms with Crippen LogP contribution in [0, 0.1) is 12.0 Å². The molecule has 0 bridgehead atoms. The Morgan fingerprint density at radius 1 is 1.17 bits per heavy atom. The van der Waals surface area contributed by atoms with Gasteiger partial charge in [-0.1, -0.05) is 18.2 Å². The van der Waals surface area contributed by atoms with E-state index in [9.17, 15) is 8.42 Å². The molecule has 62 valence electrons. The molecule has 0 saturated carbocycles. The van der Waals surface area contributed by atoms with Gasteiger partial charge in [-0.25, -0.2) is 0 Å². The van der Waals surface area contributed by atoms with E-state index in [1.165, 1.54) is 0 Å². The van der Waals surface area contributed by atoms with Crippen LogP contribution >= 0.6 is 0 Å². The Kier molecular flexibility index (Phi) is 3.17. The molecule has 4 heteroatoms. The van der Waals surface area contributed by atoms with Gasteiger partial charge in [0.15, 0.2) is 0 Å². The zero-order chi connectivity index (χ0) is 8.81. The van der Waals surface area contributed by atoms with Gasteiger partial charge in [-0.05, 0) is 18.1 Å². The molecular formula is C8H6O3S. The van der Waals surface area contributed by atoms with Crippen molar-refractivity contribution in [2.24, 2.45) is 0 Å². The van der Waals surface area contributed by atoms with E-state index in [2.05, 4.69) is 16.2 Å². The van der Waals surface area contributed by atoms with Gasteiger partial charge < -0.3 is 4.18 Å². The Hall–Kier alpha value is -1.47. The Morgan fingerprint density at radius 2 is 1.83 bits per heavy atom. The summed E-state index contributed by atoms with van der Waals surface area (Å²) in [6.45, 7) is 0. The smallest absolute Gasteiger partial charge is 0.307 e. The molecule has 0 amide bonds. The van der Waals surface area contributed by atoms with E-state index >= 15 is 0 Å². The molecule has 1 aromatic rings. The first-order valence-corrected chi connectivity index (χ1v) is 4.26. The fraction of sp³-hybridized carbons (Fsp3) is 0. The standard InChI is InChI=1S/C8H6O3S/c9-12(10)11-7-6-8-4-2-1-3-5-8/h1-5,12H. The van der Waals surface area contributed by atoms with E-state index in [0.717, 1.165) is 0 Å². The van der Waals surface area contributed by atoms with Crippen LogP contribution in [-0.2, 0) is 15.2 Å². The number of hydrogen-bond donors (Lipinski definition) is 1. The highest BCUT2D eigenvalue weighted by Crippen LogP contribution is 1.94. The lowest BCUT2D eigenvalue weighted by molar-refractivity contribution is 0.490. The molecule has 12 heavy (non-hydrogen) atoms. The number of hydrogen-bond acceptors (Lipinski definition) is 3. The van der Waals surface area contributed by atoms with Gasteiger partial charge >= 0.3 is 11.0 Å². The van der Waals surface area contributed by atoms with Crippen molar-refractivity contribution in [2.45, 2.75) is 0 Å². The van der Waals surface area contributed by atoms with Crippen LogP contribution in [0.25, 0.3) is 0 Å². The van der Waals surface area contributed by atoms with E-state index in [-0.39, 0.29) is 0 Å². The summed E-state index contributed by atoms with van der Waals surface area (Å²) >= 11 is 0. The van der Waals surface area contributed by atoms with Gasteiger partial charge in [-0.15, -0.1) is 0 Å². The summed E-state index contributed by atoms with van der Waals surface area (Å²) in [6, 6.07) is 8.98. The predicted molar refractivity (Wildman–Crippen MR) is 44.7 cm³/mol. The average molecular weight is 182 g/mol. The Bertz CT molecular complexity index is 362. The molecule has 0 unspecified atom stereocenters. The van der Waals surface area contributed by atoms with Crippen LogP contribution in [0.4, 0.5) is 0 Å². The van der Waals surface area contributed by atoms with Crippen molar-refractivity contribution in [1.29, 1.82) is 0 Å². The number of thiol groups is 1. The monoisotopic (exact) mass is 182 g/mol. The number of benzene rings is 1. The first-order chi connectivity index (χ1) is 5.79. The molecule has 0 aromatic heterocycles. The van der Waals surface area contributed by atoms with E-state index in [0.29, 0.717) is 5.56 Å². The topological polar surface area (TPSA) is 43.4 Å². The highest BCUT2D eigenvalue weighted by atomic mass is 32.2. The molecule has 0 N–H and O–H groups in total. The van der Waals surface area contributed by atoms with Crippen molar-refractivity contribution in [3.05, 3.63) is 35.9 Å². The van der Waals surface area contributed by atoms with Gasteiger partial charge in [-0.2, -0.15) is 8.42 Å². The normalized spacial score (nSPS) is 8.75. The molecule has 0 aliphatic rings. The molecule has 1 rings (SSSR count). The van der Waals surface area contributed by atoms with Gasteiger partial charge in [-0.3, -0.25) is 0 Å². The lowest BCUT2D eigenvalue weighted by atomic mass is 10.2. The summed E-state index contributed by atoms with van der Waals surface area (Å²) < 4.78 is 23.8. The molecule has 0 fully saturated rings. The third-order valence-corrected chi connectivity index (χ3v) is 1.33. The first kappa shape index (κ1) is 8.62. The molecule has 0 aliphatic carbocycles. The van der Waals surface area contributed by atoms with Gasteiger partial charge in [0.05, 0.1) is 0 Å². The van der Waals surface area contributed by atoms with Crippen molar-refractivity contribution >= 4 is 11.0 Å². The Morgan fingerprint density at radius 3 is 2.42 bits per heavy atom. The van der Waals surface area contributed by atoms with Crippen LogP contribution in [0.2, 0.25) is 0 Å². The molecular weight excluding hydrogens is 176 g/mol. The lowest BCUT2D eigenvalue weighted by Crippen LogP contribution is -1.77. The maximum absolute atomic E-state index is 9.90. The zero-order valence-corrected chi connectivity index (χ0v) is 6.95. The zero-order valence-electron chi connectivity index (χ0n) is 6.06. The summed E-state index contributed by atoms with van der Waals surface area (Å²) in [7, 11) is -2.87. The van der Waals surface area contributed by atoms with Crippen LogP contribution in [0.1, 0.15) is 5.56 Å². The molecule has 1 aromatic carbocycles. The van der Waals surface area contributed by atoms with Crippen LogP contribution in [0.5, 0.6) is 0 Å². The van der Waals surface area contributed by atoms with E-state index in [1.54, 1.807) is 24.3 Å². The van der Waals surface area contributed by atoms with Crippen molar-refractivity contribution in [3.63, 3.8) is 0 Å². The summed E-state index contributed by atoms with van der Waals surface area (Å²) in [4.78, 5) is 0. The van der Waals surface area contributed by atoms with Gasteiger partial charge in [0.1, 0.15) is 6.11 Å². The largest absolute Gasteiger partial charge is 0.329 e. The van der Waals surface area contributed by atoms with Gasteiger partial charge in [0, 0.05) is 5.56 Å². The quantitative estimate of drug-likeness (QED) is 0.509.